The van der Waals surface area contributed by atoms with Crippen molar-refractivity contribution < 1.29 is 4.79 Å². The number of nitrogens with zero attached hydrogens (tertiary/aromatic N) is 7. The Hall–Kier alpha value is -3.82. The summed E-state index contributed by atoms with van der Waals surface area (Å²) in [6.45, 7) is 7.85. The minimum absolute atomic E-state index is 0.000120. The highest BCUT2D eigenvalue weighted by molar-refractivity contribution is 5.76. The monoisotopic (exact) mass is 434 g/mol. The van der Waals surface area contributed by atoms with Crippen molar-refractivity contribution in [2.45, 2.75) is 27.3 Å². The van der Waals surface area contributed by atoms with Crippen LogP contribution < -0.4 is 15.8 Å². The summed E-state index contributed by atoms with van der Waals surface area (Å²) in [7, 11) is 0. The number of nitrogens with one attached hydrogen (secondary N) is 1. The van der Waals surface area contributed by atoms with Gasteiger partial charge >= 0.3 is 0 Å². The molecule has 4 rings (SSSR count). The third-order valence-electron chi connectivity index (χ3n) is 5.57. The van der Waals surface area contributed by atoms with Crippen LogP contribution in [0, 0.1) is 20.8 Å². The van der Waals surface area contributed by atoms with Crippen LogP contribution in [0.1, 0.15) is 17.0 Å². The fourth-order valence-electron chi connectivity index (χ4n) is 3.52. The van der Waals surface area contributed by atoms with Crippen molar-refractivity contribution in [3.8, 4) is 0 Å². The topological polar surface area (TPSA) is 109 Å². The molecule has 1 fully saturated rings. The van der Waals surface area contributed by atoms with E-state index < -0.39 is 0 Å². The van der Waals surface area contributed by atoms with Gasteiger partial charge in [-0.25, -0.2) is 9.97 Å². The highest BCUT2D eigenvalue weighted by atomic mass is 16.2. The van der Waals surface area contributed by atoms with Crippen LogP contribution in [0.5, 0.6) is 0 Å². The van der Waals surface area contributed by atoms with Gasteiger partial charge in [-0.15, -0.1) is 10.2 Å². The third-order valence-corrected chi connectivity index (χ3v) is 5.57. The van der Waals surface area contributed by atoms with Crippen molar-refractivity contribution in [2.24, 2.45) is 0 Å². The zero-order chi connectivity index (χ0) is 22.7. The van der Waals surface area contributed by atoms with Gasteiger partial charge in [-0.1, -0.05) is 6.07 Å². The second kappa shape index (κ2) is 9.13. The molecule has 1 aliphatic heterocycles. The Balaban J connectivity index is 1.33. The molecule has 1 amide bonds. The van der Waals surface area contributed by atoms with Crippen LogP contribution in [-0.2, 0) is 11.3 Å². The average molecular weight is 435 g/mol. The molecule has 0 bridgehead atoms. The Morgan fingerprint density at radius 1 is 1.00 bits per heavy atom. The van der Waals surface area contributed by atoms with Crippen LogP contribution in [0.2, 0.25) is 0 Å². The number of piperazine rings is 1. The Labute approximate surface area is 185 Å². The van der Waals surface area contributed by atoms with E-state index in [0.29, 0.717) is 43.3 Å². The maximum Gasteiger partial charge on any atom is 0.256 e. The van der Waals surface area contributed by atoms with Crippen LogP contribution in [0.3, 0.4) is 0 Å². The van der Waals surface area contributed by atoms with E-state index in [-0.39, 0.29) is 18.0 Å². The van der Waals surface area contributed by atoms with Crippen molar-refractivity contribution in [2.75, 3.05) is 36.4 Å². The van der Waals surface area contributed by atoms with Crippen LogP contribution >= 0.6 is 0 Å². The molecular weight excluding hydrogens is 408 g/mol. The molecule has 3 aromatic rings. The van der Waals surface area contributed by atoms with E-state index in [2.05, 4.69) is 30.4 Å². The molecule has 0 saturated carbocycles. The average Bonchev–Trinajstić information content (AvgIpc) is 2.80. The third kappa shape index (κ3) is 4.74. The summed E-state index contributed by atoms with van der Waals surface area (Å²) in [5.74, 6) is 2.01. The van der Waals surface area contributed by atoms with Gasteiger partial charge in [-0.2, -0.15) is 0 Å². The summed E-state index contributed by atoms with van der Waals surface area (Å²) in [4.78, 5) is 37.4. The number of amides is 1. The van der Waals surface area contributed by atoms with Crippen molar-refractivity contribution in [1.29, 1.82) is 0 Å². The van der Waals surface area contributed by atoms with Crippen LogP contribution in [-0.4, -0.2) is 61.7 Å². The van der Waals surface area contributed by atoms with E-state index in [1.54, 1.807) is 18.7 Å². The first-order chi connectivity index (χ1) is 15.4. The molecule has 0 aliphatic carbocycles. The Kier molecular flexibility index (Phi) is 6.11. The van der Waals surface area contributed by atoms with Gasteiger partial charge in [0.2, 0.25) is 5.91 Å². The summed E-state index contributed by atoms with van der Waals surface area (Å²) in [5, 5.41) is 11.7. The normalized spacial score (nSPS) is 13.8. The summed E-state index contributed by atoms with van der Waals surface area (Å²) in [5.41, 5.74) is 2.00. The summed E-state index contributed by atoms with van der Waals surface area (Å²) < 4.78 is 1.37. The highest BCUT2D eigenvalue weighted by Gasteiger charge is 2.23. The molecular formula is C22H26N8O2. The number of rotatable bonds is 5. The number of aryl methyl sites for hydroxylation is 2. The van der Waals surface area contributed by atoms with E-state index >= 15 is 0 Å². The predicted molar refractivity (Wildman–Crippen MR) is 121 cm³/mol. The number of hydrogen-bond acceptors (Lipinski definition) is 8. The maximum atomic E-state index is 12.7. The van der Waals surface area contributed by atoms with Crippen LogP contribution in [0.25, 0.3) is 0 Å². The number of carbonyl (C=O) groups is 1. The van der Waals surface area contributed by atoms with Gasteiger partial charge in [0.05, 0.1) is 6.33 Å². The second-order valence-electron chi connectivity index (χ2n) is 7.82. The molecule has 1 aliphatic rings. The molecule has 10 heteroatoms. The SMILES string of the molecule is Cc1cccc(Nc2ccc(N3CCN(C(=O)Cn4cnc(C)c(C)c4=O)CC3)nn2)n1. The van der Waals surface area contributed by atoms with Crippen LogP contribution in [0.4, 0.5) is 17.5 Å². The van der Waals surface area contributed by atoms with Crippen molar-refractivity contribution in [3.05, 3.63) is 64.0 Å². The van der Waals surface area contributed by atoms with Gasteiger partial charge < -0.3 is 15.1 Å². The van der Waals surface area contributed by atoms with Crippen molar-refractivity contribution in [3.63, 3.8) is 0 Å². The van der Waals surface area contributed by atoms with Crippen LogP contribution in [0.15, 0.2) is 41.5 Å². The smallest absolute Gasteiger partial charge is 0.256 e. The lowest BCUT2D eigenvalue weighted by atomic mass is 10.2. The van der Waals surface area contributed by atoms with Gasteiger partial charge in [-0.3, -0.25) is 14.2 Å². The minimum Gasteiger partial charge on any atom is -0.352 e. The van der Waals surface area contributed by atoms with E-state index in [0.717, 1.165) is 17.3 Å². The molecule has 1 N–H and O–H groups in total. The fourth-order valence-corrected chi connectivity index (χ4v) is 3.52. The second-order valence-corrected chi connectivity index (χ2v) is 7.82. The van der Waals surface area contributed by atoms with Gasteiger partial charge in [-0.05, 0) is 45.0 Å². The molecule has 32 heavy (non-hydrogen) atoms. The zero-order valence-electron chi connectivity index (χ0n) is 18.4. The highest BCUT2D eigenvalue weighted by Crippen LogP contribution is 2.17. The lowest BCUT2D eigenvalue weighted by Gasteiger charge is -2.35. The Morgan fingerprint density at radius 3 is 2.47 bits per heavy atom. The first kappa shape index (κ1) is 21.4. The summed E-state index contributed by atoms with van der Waals surface area (Å²) in [6.07, 6.45) is 1.44. The van der Waals surface area contributed by atoms with Gasteiger partial charge in [0.15, 0.2) is 11.6 Å². The lowest BCUT2D eigenvalue weighted by Crippen LogP contribution is -2.50. The number of pyridine rings is 1. The molecule has 4 heterocycles. The van der Waals surface area contributed by atoms with E-state index in [1.165, 1.54) is 10.9 Å². The molecule has 0 spiro atoms. The lowest BCUT2D eigenvalue weighted by molar-refractivity contribution is -0.132. The molecule has 1 saturated heterocycles. The van der Waals surface area contributed by atoms with Gasteiger partial charge in [0.25, 0.3) is 5.56 Å². The first-order valence-electron chi connectivity index (χ1n) is 10.5. The molecule has 3 aromatic heterocycles. The summed E-state index contributed by atoms with van der Waals surface area (Å²) >= 11 is 0. The van der Waals surface area contributed by atoms with E-state index in [9.17, 15) is 9.59 Å². The number of aromatic nitrogens is 5. The van der Waals surface area contributed by atoms with E-state index in [4.69, 9.17) is 0 Å². The van der Waals surface area contributed by atoms with E-state index in [1.807, 2.05) is 37.3 Å². The Morgan fingerprint density at radius 2 is 1.78 bits per heavy atom. The molecule has 0 unspecified atom stereocenters. The predicted octanol–water partition coefficient (Wildman–Crippen LogP) is 1.45. The standard InChI is InChI=1S/C22H26N8O2/c1-15-5-4-6-18(24-15)25-19-7-8-20(27-26-19)28-9-11-29(12-10-28)21(31)13-30-14-23-17(3)16(2)22(30)32/h4-8,14H,9-13H2,1-3H3,(H,24,25,26). The maximum absolute atomic E-state index is 12.7. The quantitative estimate of drug-likeness (QED) is 0.643. The molecule has 0 aromatic carbocycles. The van der Waals surface area contributed by atoms with Gasteiger partial charge in [0.1, 0.15) is 12.4 Å². The number of anilines is 3. The molecule has 0 atom stereocenters. The fraction of sp³-hybridized carbons (Fsp3) is 0.364. The Bertz CT molecular complexity index is 1170. The number of carbonyl (C=O) groups excluding carboxylic acids is 1. The number of hydrogen-bond donors (Lipinski definition) is 1. The summed E-state index contributed by atoms with van der Waals surface area (Å²) in [6, 6.07) is 9.51. The molecule has 0 radical (unpaired) electrons. The van der Waals surface area contributed by atoms with Crippen molar-refractivity contribution >= 4 is 23.4 Å². The zero-order valence-corrected chi connectivity index (χ0v) is 18.4. The van der Waals surface area contributed by atoms with Crippen molar-refractivity contribution in [1.82, 2.24) is 29.6 Å². The largest absolute Gasteiger partial charge is 0.352 e. The first-order valence-corrected chi connectivity index (χ1v) is 10.5. The molecule has 10 nitrogen and oxygen atoms in total. The van der Waals surface area contributed by atoms with Gasteiger partial charge in [0, 0.05) is 43.1 Å². The molecule has 166 valence electrons. The minimum atomic E-state index is -0.172.